The molecule has 0 aliphatic heterocycles. The van der Waals surface area contributed by atoms with Crippen LogP contribution in [0.5, 0.6) is 5.75 Å². The molecule has 0 aromatic carbocycles. The van der Waals surface area contributed by atoms with E-state index in [1.807, 2.05) is 19.1 Å². The average Bonchev–Trinajstić information content (AvgIpc) is 3.27. The summed E-state index contributed by atoms with van der Waals surface area (Å²) in [5.74, 6) is 1.28. The van der Waals surface area contributed by atoms with E-state index >= 15 is 0 Å². The van der Waals surface area contributed by atoms with E-state index < -0.39 is 17.0 Å². The van der Waals surface area contributed by atoms with Crippen molar-refractivity contribution in [3.05, 3.63) is 33.9 Å². The summed E-state index contributed by atoms with van der Waals surface area (Å²) < 4.78 is 30.0. The van der Waals surface area contributed by atoms with Gasteiger partial charge in [0, 0.05) is 18.5 Å². The molecule has 3 aromatic heterocycles. The molecule has 0 bridgehead atoms. The maximum atomic E-state index is 12.8. The molecule has 1 aliphatic carbocycles. The number of furan rings is 1. The van der Waals surface area contributed by atoms with E-state index in [4.69, 9.17) is 9.15 Å². The van der Waals surface area contributed by atoms with Gasteiger partial charge in [0.15, 0.2) is 20.7 Å². The van der Waals surface area contributed by atoms with E-state index in [0.29, 0.717) is 44.6 Å². The SMILES string of the molecule is CCOC(=O)c1snc(Nc2csc(S(=O)N(C)C3CC3)c2O)c1NCc1ccc(C)o1. The summed E-state index contributed by atoms with van der Waals surface area (Å²) in [5.41, 5.74) is 0.825. The standard InChI is InChI=1S/C20H24N4O5S3/c1-4-28-19(26)17-15(21-9-13-8-5-11(2)29-13)18(23-31-17)22-14-10-30-20(16(14)25)32(27)24(3)12-6-7-12/h5,8,10,12,21,25H,4,6-7,9H2,1-3H3,(H,22,23). The van der Waals surface area contributed by atoms with E-state index in [2.05, 4.69) is 15.0 Å². The van der Waals surface area contributed by atoms with Gasteiger partial charge < -0.3 is 24.9 Å². The topological polar surface area (TPSA) is 117 Å². The zero-order valence-electron chi connectivity index (χ0n) is 17.8. The van der Waals surface area contributed by atoms with Gasteiger partial charge in [-0.3, -0.25) is 0 Å². The van der Waals surface area contributed by atoms with Crippen molar-refractivity contribution >= 4 is 57.0 Å². The van der Waals surface area contributed by atoms with Crippen molar-refractivity contribution in [2.45, 2.75) is 43.5 Å². The number of rotatable bonds is 10. The molecule has 0 spiro atoms. The molecule has 172 valence electrons. The maximum absolute atomic E-state index is 12.8. The van der Waals surface area contributed by atoms with Crippen LogP contribution in [0.3, 0.4) is 0 Å². The molecule has 1 fully saturated rings. The Morgan fingerprint density at radius 2 is 2.22 bits per heavy atom. The van der Waals surface area contributed by atoms with Crippen LogP contribution in [0.1, 0.15) is 41.0 Å². The number of nitrogens with one attached hydrogen (secondary N) is 2. The van der Waals surface area contributed by atoms with Crippen LogP contribution in [-0.4, -0.2) is 43.7 Å². The van der Waals surface area contributed by atoms with Gasteiger partial charge in [-0.2, -0.15) is 4.37 Å². The van der Waals surface area contributed by atoms with Crippen molar-refractivity contribution in [3.63, 3.8) is 0 Å². The molecule has 4 rings (SSSR count). The molecule has 1 aliphatic rings. The molecule has 3 N–H and O–H groups in total. The summed E-state index contributed by atoms with van der Waals surface area (Å²) in [7, 11) is 0.357. The minimum Gasteiger partial charge on any atom is -0.504 e. The van der Waals surface area contributed by atoms with Crippen LogP contribution in [0, 0.1) is 6.92 Å². The zero-order valence-corrected chi connectivity index (χ0v) is 20.3. The fraction of sp³-hybridized carbons (Fsp3) is 0.400. The first kappa shape index (κ1) is 22.8. The van der Waals surface area contributed by atoms with Crippen LogP contribution in [0.2, 0.25) is 0 Å². The Balaban J connectivity index is 1.57. The molecule has 32 heavy (non-hydrogen) atoms. The normalized spacial score (nSPS) is 14.5. The van der Waals surface area contributed by atoms with E-state index in [1.165, 1.54) is 11.3 Å². The van der Waals surface area contributed by atoms with Gasteiger partial charge in [0.25, 0.3) is 0 Å². The maximum Gasteiger partial charge on any atom is 0.352 e. The number of ether oxygens (including phenoxy) is 1. The predicted molar refractivity (Wildman–Crippen MR) is 125 cm³/mol. The second-order valence-electron chi connectivity index (χ2n) is 7.26. The largest absolute Gasteiger partial charge is 0.504 e. The smallest absolute Gasteiger partial charge is 0.352 e. The van der Waals surface area contributed by atoms with Gasteiger partial charge in [0.1, 0.15) is 28.2 Å². The quantitative estimate of drug-likeness (QED) is 0.352. The summed E-state index contributed by atoms with van der Waals surface area (Å²) in [6.07, 6.45) is 2.03. The third kappa shape index (κ3) is 4.82. The minimum absolute atomic E-state index is 0.0841. The summed E-state index contributed by atoms with van der Waals surface area (Å²) in [4.78, 5) is 12.7. The van der Waals surface area contributed by atoms with Crippen LogP contribution in [-0.2, 0) is 22.3 Å². The Labute approximate surface area is 196 Å². The average molecular weight is 497 g/mol. The summed E-state index contributed by atoms with van der Waals surface area (Å²) in [6.45, 7) is 4.17. The fourth-order valence-electron chi connectivity index (χ4n) is 3.01. The van der Waals surface area contributed by atoms with Crippen molar-refractivity contribution < 1.29 is 23.3 Å². The van der Waals surface area contributed by atoms with Crippen LogP contribution in [0.15, 0.2) is 26.1 Å². The van der Waals surface area contributed by atoms with Crippen LogP contribution in [0.4, 0.5) is 17.2 Å². The highest BCUT2D eigenvalue weighted by Crippen LogP contribution is 2.42. The van der Waals surface area contributed by atoms with Crippen molar-refractivity contribution in [1.82, 2.24) is 8.68 Å². The first-order chi connectivity index (χ1) is 15.4. The molecule has 0 saturated heterocycles. The Kier molecular flexibility index (Phi) is 6.84. The van der Waals surface area contributed by atoms with E-state index in [1.54, 1.807) is 23.7 Å². The van der Waals surface area contributed by atoms with Crippen molar-refractivity contribution in [2.24, 2.45) is 0 Å². The highest BCUT2D eigenvalue weighted by molar-refractivity contribution is 7.85. The Bertz CT molecular complexity index is 1130. The van der Waals surface area contributed by atoms with E-state index in [-0.39, 0.29) is 12.4 Å². The Morgan fingerprint density at radius 3 is 2.88 bits per heavy atom. The number of carbonyl (C=O) groups is 1. The lowest BCUT2D eigenvalue weighted by atomic mass is 10.3. The second kappa shape index (κ2) is 9.61. The number of nitrogens with zero attached hydrogens (tertiary/aromatic N) is 2. The highest BCUT2D eigenvalue weighted by Gasteiger charge is 2.32. The van der Waals surface area contributed by atoms with Crippen LogP contribution in [0.25, 0.3) is 0 Å². The number of aryl methyl sites for hydroxylation is 1. The molecule has 12 heteroatoms. The number of carbonyl (C=O) groups excluding carboxylic acids is 1. The third-order valence-corrected chi connectivity index (χ3v) is 8.49. The fourth-order valence-corrected chi connectivity index (χ4v) is 6.18. The Hall–Kier alpha value is -2.41. The van der Waals surface area contributed by atoms with Crippen LogP contribution >= 0.6 is 22.9 Å². The summed E-state index contributed by atoms with van der Waals surface area (Å²) >= 11 is 2.20. The summed E-state index contributed by atoms with van der Waals surface area (Å²) in [5, 5.41) is 18.6. The predicted octanol–water partition coefficient (Wildman–Crippen LogP) is 4.46. The molecule has 3 heterocycles. The van der Waals surface area contributed by atoms with Crippen molar-refractivity contribution in [1.29, 1.82) is 0 Å². The molecular formula is C20H24N4O5S3. The van der Waals surface area contributed by atoms with Crippen molar-refractivity contribution in [3.8, 4) is 5.75 Å². The lowest BCUT2D eigenvalue weighted by Gasteiger charge is -2.13. The first-order valence-corrected chi connectivity index (χ1v) is 12.8. The van der Waals surface area contributed by atoms with E-state index in [9.17, 15) is 14.1 Å². The van der Waals surface area contributed by atoms with Crippen LogP contribution < -0.4 is 10.6 Å². The lowest BCUT2D eigenvalue weighted by Crippen LogP contribution is -2.22. The summed E-state index contributed by atoms with van der Waals surface area (Å²) in [6, 6.07) is 4.00. The number of hydrogen-bond acceptors (Lipinski definition) is 10. The lowest BCUT2D eigenvalue weighted by molar-refractivity contribution is 0.0533. The first-order valence-electron chi connectivity index (χ1n) is 10.1. The van der Waals surface area contributed by atoms with E-state index in [0.717, 1.165) is 30.1 Å². The number of anilines is 3. The number of aromatic nitrogens is 1. The zero-order chi connectivity index (χ0) is 22.8. The number of aromatic hydroxyl groups is 1. The van der Waals surface area contributed by atoms with Gasteiger partial charge in [-0.1, -0.05) is 0 Å². The molecule has 1 atom stereocenters. The van der Waals surface area contributed by atoms with Gasteiger partial charge in [-0.15, -0.1) is 11.3 Å². The molecule has 0 amide bonds. The Morgan fingerprint density at radius 1 is 1.44 bits per heavy atom. The molecule has 1 unspecified atom stereocenters. The molecule has 9 nitrogen and oxygen atoms in total. The number of esters is 1. The van der Waals surface area contributed by atoms with Gasteiger partial charge in [0.2, 0.25) is 0 Å². The van der Waals surface area contributed by atoms with Gasteiger partial charge in [-0.05, 0) is 50.4 Å². The number of hydrogen-bond donors (Lipinski definition) is 3. The molecular weight excluding hydrogens is 472 g/mol. The van der Waals surface area contributed by atoms with Gasteiger partial charge in [-0.25, -0.2) is 13.3 Å². The van der Waals surface area contributed by atoms with Crippen molar-refractivity contribution in [2.75, 3.05) is 24.3 Å². The number of thiophene rings is 1. The highest BCUT2D eigenvalue weighted by atomic mass is 32.2. The molecule has 3 aromatic rings. The molecule has 0 radical (unpaired) electrons. The second-order valence-corrected chi connectivity index (χ2v) is 10.7. The van der Waals surface area contributed by atoms with Gasteiger partial charge >= 0.3 is 5.97 Å². The third-order valence-electron chi connectivity index (χ3n) is 4.85. The minimum atomic E-state index is -1.44. The van der Waals surface area contributed by atoms with Gasteiger partial charge in [0.05, 0.1) is 18.8 Å². The molecule has 1 saturated carbocycles. The monoisotopic (exact) mass is 496 g/mol.